The van der Waals surface area contributed by atoms with Crippen molar-refractivity contribution in [2.75, 3.05) is 11.6 Å². The summed E-state index contributed by atoms with van der Waals surface area (Å²) < 4.78 is 38.5. The molecule has 1 aromatic rings. The summed E-state index contributed by atoms with van der Waals surface area (Å²) in [5.41, 5.74) is -0.803. The number of fused-ring (bicyclic) bond motifs is 1. The first-order valence-corrected chi connectivity index (χ1v) is 6.26. The lowest BCUT2D eigenvalue weighted by atomic mass is 10.0. The van der Waals surface area contributed by atoms with Crippen LogP contribution in [0.15, 0.2) is 12.1 Å². The van der Waals surface area contributed by atoms with Crippen molar-refractivity contribution in [3.05, 3.63) is 28.3 Å². The summed E-state index contributed by atoms with van der Waals surface area (Å²) in [5, 5.41) is 1.65. The van der Waals surface area contributed by atoms with Crippen LogP contribution in [0.4, 0.5) is 18.9 Å². The first-order chi connectivity index (χ1) is 7.86. The van der Waals surface area contributed by atoms with Crippen molar-refractivity contribution in [2.24, 2.45) is 0 Å². The second-order valence-corrected chi connectivity index (χ2v) is 4.84. The highest BCUT2D eigenvalue weighted by Crippen LogP contribution is 2.48. The topological polar surface area (TPSA) is 29.1 Å². The zero-order chi connectivity index (χ0) is 12.8. The van der Waals surface area contributed by atoms with Crippen LogP contribution in [0.1, 0.15) is 16.4 Å². The Labute approximate surface area is 105 Å². The molecule has 0 saturated heterocycles. The smallest absolute Gasteiger partial charge is 0.323 e. The van der Waals surface area contributed by atoms with Gasteiger partial charge in [-0.15, -0.1) is 11.8 Å². The minimum absolute atomic E-state index is 0.0671. The summed E-state index contributed by atoms with van der Waals surface area (Å²) in [5.74, 6) is -0.467. The Morgan fingerprint density at radius 3 is 2.59 bits per heavy atom. The number of hydrogen-bond donors (Lipinski definition) is 1. The van der Waals surface area contributed by atoms with Gasteiger partial charge < -0.3 is 5.32 Å². The molecule has 92 valence electrons. The van der Waals surface area contributed by atoms with E-state index in [2.05, 4.69) is 5.32 Å². The van der Waals surface area contributed by atoms with Gasteiger partial charge in [0.05, 0.1) is 16.3 Å². The van der Waals surface area contributed by atoms with Crippen LogP contribution in [0.5, 0.6) is 0 Å². The minimum Gasteiger partial charge on any atom is -0.323 e. The molecular formula is C10H7ClF3NOS. The summed E-state index contributed by atoms with van der Waals surface area (Å²) in [4.78, 5) is 11.5. The summed E-state index contributed by atoms with van der Waals surface area (Å²) in [6, 6.07) is 2.05. The number of halogens is 4. The maximum atomic E-state index is 12.8. The molecular weight excluding hydrogens is 275 g/mol. The second-order valence-electron chi connectivity index (χ2n) is 3.49. The third-order valence-electron chi connectivity index (χ3n) is 2.48. The molecule has 17 heavy (non-hydrogen) atoms. The first kappa shape index (κ1) is 12.6. The Morgan fingerprint density at radius 1 is 1.41 bits per heavy atom. The molecule has 1 aromatic carbocycles. The Balaban J connectivity index is 2.68. The van der Waals surface area contributed by atoms with E-state index in [1.807, 2.05) is 0 Å². The van der Waals surface area contributed by atoms with E-state index in [9.17, 15) is 18.0 Å². The van der Waals surface area contributed by atoms with Crippen molar-refractivity contribution in [1.82, 2.24) is 0 Å². The zero-order valence-electron chi connectivity index (χ0n) is 8.56. The largest absolute Gasteiger partial charge is 0.416 e. The van der Waals surface area contributed by atoms with E-state index >= 15 is 0 Å². The number of carbonyl (C=O) groups excluding carboxylic acids is 1. The van der Waals surface area contributed by atoms with Gasteiger partial charge in [-0.2, -0.15) is 13.2 Å². The average molecular weight is 282 g/mol. The van der Waals surface area contributed by atoms with Crippen LogP contribution in [0.2, 0.25) is 5.02 Å². The molecule has 1 aliphatic heterocycles. The van der Waals surface area contributed by atoms with Crippen LogP contribution in [-0.2, 0) is 11.0 Å². The van der Waals surface area contributed by atoms with Crippen LogP contribution >= 0.6 is 23.4 Å². The minimum atomic E-state index is -4.49. The van der Waals surface area contributed by atoms with Crippen LogP contribution in [0, 0.1) is 0 Å². The SMILES string of the molecule is CSC1C(=O)Nc2c(Cl)ccc(C(F)(F)F)c21. The Kier molecular flexibility index (Phi) is 3.03. The van der Waals surface area contributed by atoms with E-state index in [1.54, 1.807) is 6.26 Å². The van der Waals surface area contributed by atoms with Crippen molar-refractivity contribution in [3.63, 3.8) is 0 Å². The molecule has 0 fully saturated rings. The van der Waals surface area contributed by atoms with Gasteiger partial charge in [0, 0.05) is 5.56 Å². The average Bonchev–Trinajstić information content (AvgIpc) is 2.54. The number of hydrogen-bond acceptors (Lipinski definition) is 2. The molecule has 2 nitrogen and oxygen atoms in total. The summed E-state index contributed by atoms with van der Waals surface area (Å²) in [6.45, 7) is 0. The Hall–Kier alpha value is -0.880. The molecule has 1 amide bonds. The van der Waals surface area contributed by atoms with Gasteiger partial charge >= 0.3 is 6.18 Å². The normalized spacial score (nSPS) is 19.1. The van der Waals surface area contributed by atoms with Gasteiger partial charge in [0.25, 0.3) is 0 Å². The molecule has 1 atom stereocenters. The predicted octanol–water partition coefficient (Wildman–Crippen LogP) is 3.72. The first-order valence-electron chi connectivity index (χ1n) is 4.59. The fourth-order valence-corrected chi connectivity index (χ4v) is 2.75. The van der Waals surface area contributed by atoms with Crippen molar-refractivity contribution < 1.29 is 18.0 Å². The van der Waals surface area contributed by atoms with E-state index in [-0.39, 0.29) is 16.3 Å². The number of nitrogens with one attached hydrogen (secondary N) is 1. The van der Waals surface area contributed by atoms with Crippen LogP contribution in [0.25, 0.3) is 0 Å². The number of benzene rings is 1. The van der Waals surface area contributed by atoms with Crippen LogP contribution in [0.3, 0.4) is 0 Å². The number of rotatable bonds is 1. The molecule has 0 bridgehead atoms. The maximum absolute atomic E-state index is 12.8. The van der Waals surface area contributed by atoms with E-state index in [0.29, 0.717) is 0 Å². The number of amides is 1. The molecule has 2 rings (SSSR count). The highest BCUT2D eigenvalue weighted by atomic mass is 35.5. The van der Waals surface area contributed by atoms with Crippen LogP contribution < -0.4 is 5.32 Å². The van der Waals surface area contributed by atoms with Crippen molar-refractivity contribution in [2.45, 2.75) is 11.4 Å². The lowest BCUT2D eigenvalue weighted by Crippen LogP contribution is -2.12. The quantitative estimate of drug-likeness (QED) is 0.850. The van der Waals surface area contributed by atoms with E-state index < -0.39 is 22.9 Å². The van der Waals surface area contributed by atoms with Crippen molar-refractivity contribution in [3.8, 4) is 0 Å². The van der Waals surface area contributed by atoms with Gasteiger partial charge in [0.15, 0.2) is 0 Å². The fourth-order valence-electron chi connectivity index (χ4n) is 1.78. The van der Waals surface area contributed by atoms with E-state index in [4.69, 9.17) is 11.6 Å². The molecule has 0 aromatic heterocycles. The fraction of sp³-hybridized carbons (Fsp3) is 0.300. The maximum Gasteiger partial charge on any atom is 0.416 e. The monoisotopic (exact) mass is 281 g/mol. The molecule has 1 N–H and O–H groups in total. The van der Waals surface area contributed by atoms with Gasteiger partial charge in [-0.05, 0) is 18.4 Å². The highest BCUT2D eigenvalue weighted by Gasteiger charge is 2.42. The highest BCUT2D eigenvalue weighted by molar-refractivity contribution is 7.99. The molecule has 0 aliphatic carbocycles. The van der Waals surface area contributed by atoms with Crippen LogP contribution in [-0.4, -0.2) is 12.2 Å². The van der Waals surface area contributed by atoms with Crippen molar-refractivity contribution >= 4 is 35.0 Å². The molecule has 0 saturated carbocycles. The molecule has 1 aliphatic rings. The lowest BCUT2D eigenvalue weighted by molar-refractivity contribution is -0.138. The summed E-state index contributed by atoms with van der Waals surface area (Å²) >= 11 is 6.84. The number of carbonyl (C=O) groups is 1. The standard InChI is InChI=1S/C10H7ClF3NOS/c1-17-8-6-4(10(12,13)14)2-3-5(11)7(6)15-9(8)16/h2-3,8H,1H3,(H,15,16). The number of anilines is 1. The molecule has 0 radical (unpaired) electrons. The number of alkyl halides is 3. The van der Waals surface area contributed by atoms with Gasteiger partial charge in [-0.3, -0.25) is 4.79 Å². The van der Waals surface area contributed by atoms with Gasteiger partial charge in [0.2, 0.25) is 5.91 Å². The van der Waals surface area contributed by atoms with Gasteiger partial charge in [-0.1, -0.05) is 11.6 Å². The van der Waals surface area contributed by atoms with E-state index in [0.717, 1.165) is 23.9 Å². The number of thioether (sulfide) groups is 1. The Morgan fingerprint density at radius 2 is 2.06 bits per heavy atom. The molecule has 0 spiro atoms. The zero-order valence-corrected chi connectivity index (χ0v) is 10.1. The van der Waals surface area contributed by atoms with Gasteiger partial charge in [-0.25, -0.2) is 0 Å². The van der Waals surface area contributed by atoms with E-state index in [1.165, 1.54) is 0 Å². The Bertz CT molecular complexity index is 489. The second kappa shape index (κ2) is 4.10. The third-order valence-corrected chi connectivity index (χ3v) is 3.72. The summed E-state index contributed by atoms with van der Waals surface area (Å²) in [6.07, 6.45) is -2.91. The van der Waals surface area contributed by atoms with Crippen molar-refractivity contribution in [1.29, 1.82) is 0 Å². The summed E-state index contributed by atoms with van der Waals surface area (Å²) in [7, 11) is 0. The lowest BCUT2D eigenvalue weighted by Gasteiger charge is -2.14. The molecule has 1 unspecified atom stereocenters. The van der Waals surface area contributed by atoms with Gasteiger partial charge in [0.1, 0.15) is 5.25 Å². The molecule has 7 heteroatoms. The predicted molar refractivity (Wildman–Crippen MR) is 61.3 cm³/mol. The third kappa shape index (κ3) is 1.99. The molecule has 1 heterocycles.